The number of nitrogens with zero attached hydrogens (tertiary/aromatic N) is 3. The minimum atomic E-state index is -1.05. The molecule has 0 amide bonds. The molecule has 6 heteroatoms. The van der Waals surface area contributed by atoms with Gasteiger partial charge in [0, 0.05) is 13.7 Å². The second-order valence-corrected chi connectivity index (χ2v) is 4.43. The second-order valence-electron chi connectivity index (χ2n) is 4.43. The Bertz CT molecular complexity index is 399. The number of hydrogen-bond acceptors (Lipinski definition) is 4. The first-order valence-corrected chi connectivity index (χ1v) is 5.87. The molecule has 1 aromatic rings. The largest absolute Gasteiger partial charge is 0.476 e. The third-order valence-electron chi connectivity index (χ3n) is 3.30. The highest BCUT2D eigenvalue weighted by molar-refractivity contribution is 5.86. The molecule has 0 unspecified atom stereocenters. The normalized spacial score (nSPS) is 15.8. The van der Waals surface area contributed by atoms with Gasteiger partial charge in [-0.15, -0.1) is 5.10 Å². The lowest BCUT2D eigenvalue weighted by molar-refractivity contribution is 0.0684. The summed E-state index contributed by atoms with van der Waals surface area (Å²) in [5, 5.41) is 16.6. The summed E-state index contributed by atoms with van der Waals surface area (Å²) in [7, 11) is 1.54. The van der Waals surface area contributed by atoms with E-state index in [1.54, 1.807) is 4.68 Å². The number of methoxy groups -OCH3 is 1. The Hall–Kier alpha value is -1.43. The Kier molecular flexibility index (Phi) is 3.73. The van der Waals surface area contributed by atoms with Crippen molar-refractivity contribution in [3.05, 3.63) is 11.4 Å². The molecule has 0 spiro atoms. The van der Waals surface area contributed by atoms with Crippen molar-refractivity contribution in [1.29, 1.82) is 0 Å². The first kappa shape index (κ1) is 12.0. The summed E-state index contributed by atoms with van der Waals surface area (Å²) in [5.74, 6) is -0.283. The van der Waals surface area contributed by atoms with Crippen LogP contribution >= 0.6 is 0 Å². The van der Waals surface area contributed by atoms with Gasteiger partial charge in [0.25, 0.3) is 0 Å². The highest BCUT2D eigenvalue weighted by Crippen LogP contribution is 2.29. The third-order valence-corrected chi connectivity index (χ3v) is 3.30. The molecular weight excluding hydrogens is 222 g/mol. The molecule has 1 aliphatic rings. The molecule has 0 aliphatic heterocycles. The summed E-state index contributed by atoms with van der Waals surface area (Å²) < 4.78 is 6.66. The van der Waals surface area contributed by atoms with Gasteiger partial charge in [0.2, 0.25) is 0 Å². The number of rotatable bonds is 6. The van der Waals surface area contributed by atoms with Gasteiger partial charge in [-0.05, 0) is 12.3 Å². The molecule has 0 radical (unpaired) electrons. The minimum Gasteiger partial charge on any atom is -0.476 e. The van der Waals surface area contributed by atoms with E-state index in [9.17, 15) is 4.79 Å². The first-order valence-electron chi connectivity index (χ1n) is 5.87. The van der Waals surface area contributed by atoms with E-state index in [4.69, 9.17) is 9.84 Å². The van der Waals surface area contributed by atoms with Gasteiger partial charge < -0.3 is 9.84 Å². The SMILES string of the molecule is COCc1c(C(=O)O)nnn1CCC1CCC1. The molecule has 17 heavy (non-hydrogen) atoms. The lowest BCUT2D eigenvalue weighted by Gasteiger charge is -2.25. The Morgan fingerprint density at radius 2 is 2.35 bits per heavy atom. The van der Waals surface area contributed by atoms with E-state index in [0.717, 1.165) is 18.9 Å². The van der Waals surface area contributed by atoms with E-state index in [1.165, 1.54) is 26.4 Å². The van der Waals surface area contributed by atoms with Crippen molar-refractivity contribution in [2.45, 2.75) is 38.8 Å². The Morgan fingerprint density at radius 3 is 2.88 bits per heavy atom. The quantitative estimate of drug-likeness (QED) is 0.810. The van der Waals surface area contributed by atoms with Crippen LogP contribution in [0.1, 0.15) is 41.9 Å². The number of carboxylic acid groups (broad SMARTS) is 1. The van der Waals surface area contributed by atoms with E-state index < -0.39 is 5.97 Å². The molecule has 1 N–H and O–H groups in total. The summed E-state index contributed by atoms with van der Waals surface area (Å²) in [4.78, 5) is 10.9. The molecule has 0 aromatic carbocycles. The van der Waals surface area contributed by atoms with E-state index in [-0.39, 0.29) is 12.3 Å². The Balaban J connectivity index is 2.05. The van der Waals surface area contributed by atoms with Crippen LogP contribution < -0.4 is 0 Å². The number of carboxylic acids is 1. The maximum atomic E-state index is 10.9. The first-order chi connectivity index (χ1) is 8.22. The van der Waals surface area contributed by atoms with Crippen LogP contribution in [0.2, 0.25) is 0 Å². The summed E-state index contributed by atoms with van der Waals surface area (Å²) in [6, 6.07) is 0. The lowest BCUT2D eigenvalue weighted by atomic mass is 9.83. The van der Waals surface area contributed by atoms with Gasteiger partial charge in [0.15, 0.2) is 5.69 Å². The van der Waals surface area contributed by atoms with Gasteiger partial charge >= 0.3 is 5.97 Å². The second kappa shape index (κ2) is 5.27. The predicted molar refractivity (Wildman–Crippen MR) is 59.7 cm³/mol. The number of hydrogen-bond donors (Lipinski definition) is 1. The highest BCUT2D eigenvalue weighted by atomic mass is 16.5. The molecule has 1 fully saturated rings. The van der Waals surface area contributed by atoms with Crippen LogP contribution in [-0.4, -0.2) is 33.2 Å². The fourth-order valence-electron chi connectivity index (χ4n) is 2.04. The topological polar surface area (TPSA) is 77.2 Å². The smallest absolute Gasteiger partial charge is 0.358 e. The number of carbonyl (C=O) groups is 1. The van der Waals surface area contributed by atoms with Gasteiger partial charge in [0.05, 0.1) is 12.3 Å². The molecule has 1 saturated carbocycles. The number of ether oxygens (including phenoxy) is 1. The van der Waals surface area contributed by atoms with Gasteiger partial charge in [-0.3, -0.25) is 0 Å². The molecule has 0 atom stereocenters. The fraction of sp³-hybridized carbons (Fsp3) is 0.727. The van der Waals surface area contributed by atoms with Crippen LogP contribution in [0.4, 0.5) is 0 Å². The molecule has 94 valence electrons. The van der Waals surface area contributed by atoms with Crippen molar-refractivity contribution >= 4 is 5.97 Å². The van der Waals surface area contributed by atoms with Gasteiger partial charge in [-0.25, -0.2) is 9.48 Å². The van der Waals surface area contributed by atoms with Crippen LogP contribution in [-0.2, 0) is 17.9 Å². The van der Waals surface area contributed by atoms with Gasteiger partial charge in [-0.2, -0.15) is 0 Å². The molecule has 2 rings (SSSR count). The summed E-state index contributed by atoms with van der Waals surface area (Å²) in [6.07, 6.45) is 4.91. The zero-order valence-electron chi connectivity index (χ0n) is 9.93. The lowest BCUT2D eigenvalue weighted by Crippen LogP contribution is -2.16. The predicted octanol–water partition coefficient (Wildman–Crippen LogP) is 1.31. The molecular formula is C11H17N3O3. The van der Waals surface area contributed by atoms with Crippen LogP contribution in [0.15, 0.2) is 0 Å². The Labute approximate surface area is 99.6 Å². The monoisotopic (exact) mass is 239 g/mol. The van der Waals surface area contributed by atoms with Crippen molar-refractivity contribution in [3.8, 4) is 0 Å². The van der Waals surface area contributed by atoms with Crippen molar-refractivity contribution < 1.29 is 14.6 Å². The summed E-state index contributed by atoms with van der Waals surface area (Å²) in [5.41, 5.74) is 0.555. The minimum absolute atomic E-state index is 0.000425. The zero-order chi connectivity index (χ0) is 12.3. The average molecular weight is 239 g/mol. The van der Waals surface area contributed by atoms with Gasteiger partial charge in [-0.1, -0.05) is 24.5 Å². The standard InChI is InChI=1S/C11H17N3O3/c1-17-7-9-10(11(15)16)12-13-14(9)6-5-8-3-2-4-8/h8H,2-7H2,1H3,(H,15,16). The van der Waals surface area contributed by atoms with E-state index in [2.05, 4.69) is 10.3 Å². The van der Waals surface area contributed by atoms with E-state index >= 15 is 0 Å². The van der Waals surface area contributed by atoms with Crippen LogP contribution in [0.5, 0.6) is 0 Å². The average Bonchev–Trinajstić information content (AvgIpc) is 2.60. The number of aromatic nitrogens is 3. The van der Waals surface area contributed by atoms with Crippen LogP contribution in [0.25, 0.3) is 0 Å². The van der Waals surface area contributed by atoms with Crippen molar-refractivity contribution in [1.82, 2.24) is 15.0 Å². The molecule has 1 aromatic heterocycles. The van der Waals surface area contributed by atoms with Crippen LogP contribution in [0, 0.1) is 5.92 Å². The summed E-state index contributed by atoms with van der Waals surface area (Å²) in [6.45, 7) is 0.961. The van der Waals surface area contributed by atoms with Crippen molar-refractivity contribution in [3.63, 3.8) is 0 Å². The molecule has 0 saturated heterocycles. The molecule has 0 bridgehead atoms. The molecule has 1 heterocycles. The number of aromatic carboxylic acids is 1. The zero-order valence-corrected chi connectivity index (χ0v) is 9.93. The van der Waals surface area contributed by atoms with Gasteiger partial charge in [0.1, 0.15) is 0 Å². The maximum Gasteiger partial charge on any atom is 0.358 e. The molecule has 6 nitrogen and oxygen atoms in total. The van der Waals surface area contributed by atoms with Crippen LogP contribution in [0.3, 0.4) is 0 Å². The molecule has 1 aliphatic carbocycles. The van der Waals surface area contributed by atoms with Crippen molar-refractivity contribution in [2.24, 2.45) is 5.92 Å². The van der Waals surface area contributed by atoms with E-state index in [0.29, 0.717) is 5.69 Å². The van der Waals surface area contributed by atoms with Crippen molar-refractivity contribution in [2.75, 3.05) is 7.11 Å². The highest BCUT2D eigenvalue weighted by Gasteiger charge is 2.21. The Morgan fingerprint density at radius 1 is 1.59 bits per heavy atom. The maximum absolute atomic E-state index is 10.9. The number of aryl methyl sites for hydroxylation is 1. The van der Waals surface area contributed by atoms with E-state index in [1.807, 2.05) is 0 Å². The third kappa shape index (κ3) is 2.63. The fourth-order valence-corrected chi connectivity index (χ4v) is 2.04. The summed E-state index contributed by atoms with van der Waals surface area (Å²) >= 11 is 0.